The smallest absolute Gasteiger partial charge is 0.238 e. The highest BCUT2D eigenvalue weighted by Gasteiger charge is 2.33. The molecule has 0 N–H and O–H groups in total. The number of likely N-dealkylation sites (tertiary alicyclic amines) is 1. The van der Waals surface area contributed by atoms with Crippen LogP contribution in [0.3, 0.4) is 0 Å². The molecule has 0 spiro atoms. The van der Waals surface area contributed by atoms with Crippen molar-refractivity contribution < 1.29 is 9.59 Å². The van der Waals surface area contributed by atoms with Gasteiger partial charge in [0.05, 0.1) is 0 Å². The Bertz CT molecular complexity index is 661. The van der Waals surface area contributed by atoms with Gasteiger partial charge in [0.25, 0.3) is 0 Å². The third-order valence-electron chi connectivity index (χ3n) is 4.37. The van der Waals surface area contributed by atoms with E-state index in [-0.39, 0.29) is 11.7 Å². The monoisotopic (exact) mass is 307 g/mol. The molecule has 0 aliphatic carbocycles. The molecule has 1 aliphatic heterocycles. The maximum Gasteiger partial charge on any atom is 0.238 e. The Hall–Kier alpha value is -2.42. The SMILES string of the molecule is O=C(c1ccccc1)C(C(=O)N1CCCCC1)c1ccccc1. The normalized spacial score (nSPS) is 15.9. The van der Waals surface area contributed by atoms with Crippen molar-refractivity contribution in [3.63, 3.8) is 0 Å². The summed E-state index contributed by atoms with van der Waals surface area (Å²) in [5.41, 5.74) is 1.36. The zero-order chi connectivity index (χ0) is 16.1. The van der Waals surface area contributed by atoms with Crippen LogP contribution in [0.2, 0.25) is 0 Å². The van der Waals surface area contributed by atoms with Gasteiger partial charge in [-0.2, -0.15) is 0 Å². The molecular formula is C20H21NO2. The fourth-order valence-corrected chi connectivity index (χ4v) is 3.12. The molecule has 1 unspecified atom stereocenters. The molecule has 1 aliphatic rings. The van der Waals surface area contributed by atoms with Gasteiger partial charge in [0.15, 0.2) is 5.78 Å². The number of piperidine rings is 1. The second-order valence-electron chi connectivity index (χ2n) is 5.96. The van der Waals surface area contributed by atoms with Crippen molar-refractivity contribution >= 4 is 11.7 Å². The molecule has 23 heavy (non-hydrogen) atoms. The second kappa shape index (κ2) is 7.23. The summed E-state index contributed by atoms with van der Waals surface area (Å²) < 4.78 is 0. The van der Waals surface area contributed by atoms with Crippen molar-refractivity contribution in [3.8, 4) is 0 Å². The van der Waals surface area contributed by atoms with Gasteiger partial charge in [0, 0.05) is 18.7 Å². The molecule has 1 fully saturated rings. The highest BCUT2D eigenvalue weighted by atomic mass is 16.2. The summed E-state index contributed by atoms with van der Waals surface area (Å²) in [5.74, 6) is -0.922. The molecule has 3 nitrogen and oxygen atoms in total. The number of ketones is 1. The zero-order valence-electron chi connectivity index (χ0n) is 13.2. The van der Waals surface area contributed by atoms with Crippen molar-refractivity contribution in [2.75, 3.05) is 13.1 Å². The van der Waals surface area contributed by atoms with E-state index >= 15 is 0 Å². The maximum absolute atomic E-state index is 13.0. The van der Waals surface area contributed by atoms with Crippen LogP contribution in [0.5, 0.6) is 0 Å². The Kier molecular flexibility index (Phi) is 4.86. The standard InChI is InChI=1S/C20H21NO2/c22-19(17-12-6-2-7-13-17)18(16-10-4-1-5-11-16)20(23)21-14-8-3-9-15-21/h1-2,4-7,10-13,18H,3,8-9,14-15H2. The van der Waals surface area contributed by atoms with E-state index in [2.05, 4.69) is 0 Å². The molecule has 0 saturated carbocycles. The molecule has 0 bridgehead atoms. The molecular weight excluding hydrogens is 286 g/mol. The van der Waals surface area contributed by atoms with Gasteiger partial charge < -0.3 is 4.90 Å². The van der Waals surface area contributed by atoms with Crippen LogP contribution in [-0.2, 0) is 4.79 Å². The molecule has 1 atom stereocenters. The summed E-state index contributed by atoms with van der Waals surface area (Å²) in [6.45, 7) is 1.51. The highest BCUT2D eigenvalue weighted by Crippen LogP contribution is 2.25. The number of carbonyl (C=O) groups excluding carboxylic acids is 2. The van der Waals surface area contributed by atoms with Crippen molar-refractivity contribution in [2.45, 2.75) is 25.2 Å². The van der Waals surface area contributed by atoms with Crippen LogP contribution < -0.4 is 0 Å². The van der Waals surface area contributed by atoms with Gasteiger partial charge in [0.2, 0.25) is 5.91 Å². The first-order valence-electron chi connectivity index (χ1n) is 8.20. The first kappa shape index (κ1) is 15.5. The van der Waals surface area contributed by atoms with E-state index < -0.39 is 5.92 Å². The Morgan fingerprint density at radius 3 is 1.96 bits per heavy atom. The summed E-state index contributed by atoms with van der Waals surface area (Å²) >= 11 is 0. The van der Waals surface area contributed by atoms with Crippen molar-refractivity contribution in [1.82, 2.24) is 4.90 Å². The molecule has 1 heterocycles. The predicted molar refractivity (Wildman–Crippen MR) is 90.4 cm³/mol. The van der Waals surface area contributed by atoms with Crippen molar-refractivity contribution in [2.24, 2.45) is 0 Å². The number of benzene rings is 2. The fraction of sp³-hybridized carbons (Fsp3) is 0.300. The molecule has 1 saturated heterocycles. The van der Waals surface area contributed by atoms with Gasteiger partial charge in [0.1, 0.15) is 5.92 Å². The lowest BCUT2D eigenvalue weighted by molar-refractivity contribution is -0.132. The van der Waals surface area contributed by atoms with Crippen LogP contribution >= 0.6 is 0 Å². The van der Waals surface area contributed by atoms with Crippen molar-refractivity contribution in [3.05, 3.63) is 71.8 Å². The lowest BCUT2D eigenvalue weighted by atomic mass is 9.89. The Labute approximate surface area is 136 Å². The van der Waals surface area contributed by atoms with Crippen LogP contribution in [0.25, 0.3) is 0 Å². The van der Waals surface area contributed by atoms with Gasteiger partial charge in [-0.3, -0.25) is 9.59 Å². The third-order valence-corrected chi connectivity index (χ3v) is 4.37. The third kappa shape index (κ3) is 3.50. The number of hydrogen-bond acceptors (Lipinski definition) is 2. The molecule has 1 amide bonds. The van der Waals surface area contributed by atoms with Gasteiger partial charge in [-0.15, -0.1) is 0 Å². The topological polar surface area (TPSA) is 37.4 Å². The minimum absolute atomic E-state index is 0.0650. The van der Waals surface area contributed by atoms with Gasteiger partial charge in [-0.05, 0) is 24.8 Å². The van der Waals surface area contributed by atoms with E-state index in [1.807, 2.05) is 53.4 Å². The first-order chi connectivity index (χ1) is 11.3. The minimum atomic E-state index is -0.739. The molecule has 2 aromatic rings. The van der Waals surface area contributed by atoms with E-state index in [1.165, 1.54) is 0 Å². The number of nitrogens with zero attached hydrogens (tertiary/aromatic N) is 1. The van der Waals surface area contributed by atoms with Crippen LogP contribution in [0.15, 0.2) is 60.7 Å². The Morgan fingerprint density at radius 2 is 1.35 bits per heavy atom. The lowest BCUT2D eigenvalue weighted by Gasteiger charge is -2.30. The zero-order valence-corrected chi connectivity index (χ0v) is 13.2. The van der Waals surface area contributed by atoms with Crippen LogP contribution in [0.1, 0.15) is 41.1 Å². The molecule has 2 aromatic carbocycles. The van der Waals surface area contributed by atoms with E-state index in [1.54, 1.807) is 12.1 Å². The Balaban J connectivity index is 1.94. The lowest BCUT2D eigenvalue weighted by Crippen LogP contribution is -2.41. The number of Topliss-reactive ketones (excluding diaryl/α,β-unsaturated/α-hetero) is 1. The number of rotatable bonds is 4. The number of amides is 1. The Morgan fingerprint density at radius 1 is 0.783 bits per heavy atom. The van der Waals surface area contributed by atoms with Gasteiger partial charge in [-0.1, -0.05) is 60.7 Å². The summed E-state index contributed by atoms with van der Waals surface area (Å²) in [5, 5.41) is 0. The maximum atomic E-state index is 13.0. The molecule has 118 valence electrons. The van der Waals surface area contributed by atoms with Gasteiger partial charge >= 0.3 is 0 Å². The highest BCUT2D eigenvalue weighted by molar-refractivity contribution is 6.14. The summed E-state index contributed by atoms with van der Waals surface area (Å²) in [7, 11) is 0. The molecule has 0 radical (unpaired) electrons. The average molecular weight is 307 g/mol. The van der Waals surface area contributed by atoms with E-state index in [4.69, 9.17) is 0 Å². The first-order valence-corrected chi connectivity index (χ1v) is 8.20. The largest absolute Gasteiger partial charge is 0.342 e. The second-order valence-corrected chi connectivity index (χ2v) is 5.96. The van der Waals surface area contributed by atoms with E-state index in [0.717, 1.165) is 37.9 Å². The van der Waals surface area contributed by atoms with Gasteiger partial charge in [-0.25, -0.2) is 0 Å². The number of hydrogen-bond donors (Lipinski definition) is 0. The van der Waals surface area contributed by atoms with Crippen LogP contribution in [0, 0.1) is 0 Å². The average Bonchev–Trinajstić information content (AvgIpc) is 2.64. The fourth-order valence-electron chi connectivity index (χ4n) is 3.12. The van der Waals surface area contributed by atoms with E-state index in [9.17, 15) is 9.59 Å². The minimum Gasteiger partial charge on any atom is -0.342 e. The summed E-state index contributed by atoms with van der Waals surface area (Å²) in [6.07, 6.45) is 3.20. The summed E-state index contributed by atoms with van der Waals surface area (Å²) in [6, 6.07) is 18.5. The van der Waals surface area contributed by atoms with Crippen molar-refractivity contribution in [1.29, 1.82) is 0 Å². The van der Waals surface area contributed by atoms with Crippen LogP contribution in [0.4, 0.5) is 0 Å². The van der Waals surface area contributed by atoms with Crippen LogP contribution in [-0.4, -0.2) is 29.7 Å². The quantitative estimate of drug-likeness (QED) is 0.638. The van der Waals surface area contributed by atoms with E-state index in [0.29, 0.717) is 5.56 Å². The molecule has 3 rings (SSSR count). The predicted octanol–water partition coefficient (Wildman–Crippen LogP) is 3.67. The molecule has 3 heteroatoms. The molecule has 0 aromatic heterocycles. The number of carbonyl (C=O) groups is 2. The summed E-state index contributed by atoms with van der Waals surface area (Å²) in [4.78, 5) is 27.8.